The largest absolute Gasteiger partial charge is 0.388 e. The zero-order valence-corrected chi connectivity index (χ0v) is 17.2. The molecule has 1 aromatic rings. The second kappa shape index (κ2) is 10.2. The van der Waals surface area contributed by atoms with Crippen LogP contribution in [0.25, 0.3) is 0 Å². The quantitative estimate of drug-likeness (QED) is 0.311. The number of hydrogen-bond acceptors (Lipinski definition) is 5. The smallest absolute Gasteiger partial charge is 0.268 e. The molecule has 2 amide bonds. The molecule has 8 heteroatoms. The van der Waals surface area contributed by atoms with Gasteiger partial charge in [0.1, 0.15) is 12.7 Å². The number of amides is 2. The fourth-order valence-electron chi connectivity index (χ4n) is 2.85. The number of carbonyl (C=O) groups excluding carboxylic acids is 2. The molecule has 2 rings (SSSR count). The van der Waals surface area contributed by atoms with E-state index in [9.17, 15) is 19.1 Å². The van der Waals surface area contributed by atoms with Crippen molar-refractivity contribution in [3.63, 3.8) is 0 Å². The summed E-state index contributed by atoms with van der Waals surface area (Å²) in [6, 6.07) is 4.95. The summed E-state index contributed by atoms with van der Waals surface area (Å²) in [7, 11) is 0. The molecule has 1 heterocycles. The first-order chi connectivity index (χ1) is 14.2. The topological polar surface area (TPSA) is 102 Å². The first-order valence-electron chi connectivity index (χ1n) is 9.54. The number of nitrogens with zero attached hydrogens (tertiary/aromatic N) is 1. The summed E-state index contributed by atoms with van der Waals surface area (Å²) in [5.41, 5.74) is 0.782. The minimum absolute atomic E-state index is 0.0680. The van der Waals surface area contributed by atoms with Crippen LogP contribution < -0.4 is 10.8 Å². The highest BCUT2D eigenvalue weighted by Crippen LogP contribution is 2.17. The molecule has 0 spiro atoms. The highest BCUT2D eigenvalue weighted by molar-refractivity contribution is 5.97. The number of carbonyl (C=O) groups is 2. The molecule has 0 aliphatic carbocycles. The third-order valence-corrected chi connectivity index (χ3v) is 4.80. The van der Waals surface area contributed by atoms with Gasteiger partial charge in [0, 0.05) is 36.2 Å². The van der Waals surface area contributed by atoms with Gasteiger partial charge in [-0.2, -0.15) is 0 Å². The number of nitrogens with one attached hydrogen (secondary N) is 2. The second-order valence-corrected chi connectivity index (χ2v) is 7.79. The van der Waals surface area contributed by atoms with Crippen LogP contribution in [0.1, 0.15) is 36.7 Å². The molecule has 1 aliphatic rings. The lowest BCUT2D eigenvalue weighted by molar-refractivity contribution is -0.136. The van der Waals surface area contributed by atoms with Gasteiger partial charge in [-0.3, -0.25) is 19.7 Å². The minimum Gasteiger partial charge on any atom is -0.388 e. The Morgan fingerprint density at radius 1 is 1.27 bits per heavy atom. The third-order valence-electron chi connectivity index (χ3n) is 4.80. The van der Waals surface area contributed by atoms with Crippen molar-refractivity contribution < 1.29 is 24.3 Å². The zero-order valence-electron chi connectivity index (χ0n) is 17.2. The van der Waals surface area contributed by atoms with Crippen molar-refractivity contribution >= 4 is 11.8 Å². The molecule has 0 aromatic heterocycles. The van der Waals surface area contributed by atoms with E-state index in [4.69, 9.17) is 5.21 Å². The average molecular weight is 415 g/mol. The van der Waals surface area contributed by atoms with Crippen molar-refractivity contribution in [2.75, 3.05) is 19.8 Å². The van der Waals surface area contributed by atoms with Crippen LogP contribution in [-0.2, 0) is 4.79 Å². The molecule has 0 radical (unpaired) electrons. The van der Waals surface area contributed by atoms with E-state index in [1.165, 1.54) is 31.5 Å². The number of halogens is 1. The minimum atomic E-state index is -1.58. The molecule has 2 atom stereocenters. The van der Waals surface area contributed by atoms with Crippen LogP contribution >= 0.6 is 0 Å². The van der Waals surface area contributed by atoms with Crippen LogP contribution in [0.5, 0.6) is 0 Å². The van der Waals surface area contributed by atoms with Gasteiger partial charge in [0.25, 0.3) is 11.8 Å². The highest BCUT2D eigenvalue weighted by Gasteiger charge is 2.35. The molecule has 4 N–H and O–H groups in total. The fourth-order valence-corrected chi connectivity index (χ4v) is 2.85. The van der Waals surface area contributed by atoms with Crippen LogP contribution in [0.3, 0.4) is 0 Å². The van der Waals surface area contributed by atoms with Crippen molar-refractivity contribution in [1.82, 2.24) is 15.7 Å². The second-order valence-electron chi connectivity index (χ2n) is 7.79. The Hall–Kier alpha value is -2.91. The number of alkyl halides is 1. The summed E-state index contributed by atoms with van der Waals surface area (Å²) in [5, 5.41) is 21.2. The highest BCUT2D eigenvalue weighted by atomic mass is 19.1. The van der Waals surface area contributed by atoms with Crippen molar-refractivity contribution in [1.29, 1.82) is 0 Å². The molecule has 1 aromatic carbocycles. The van der Waals surface area contributed by atoms with E-state index in [1.54, 1.807) is 12.1 Å². The van der Waals surface area contributed by atoms with Gasteiger partial charge in [-0.1, -0.05) is 11.8 Å². The normalized spacial score (nSPS) is 16.1. The predicted molar refractivity (Wildman–Crippen MR) is 109 cm³/mol. The molecular weight excluding hydrogens is 389 g/mol. The van der Waals surface area contributed by atoms with E-state index < -0.39 is 23.5 Å². The molecule has 0 bridgehead atoms. The SMILES string of the molecule is CC(CF)N1CC(C#CC#Cc2ccc(C(=O)N[C@H](C(=O)NO)C(C)(C)O)cc2)C1. The van der Waals surface area contributed by atoms with E-state index in [2.05, 4.69) is 29.0 Å². The third kappa shape index (κ3) is 6.30. The number of hydrogen-bond donors (Lipinski definition) is 4. The van der Waals surface area contributed by atoms with E-state index >= 15 is 0 Å². The standard InChI is InChI=1S/C22H26FN3O4/c1-15(12-23)26-13-17(14-26)7-5-4-6-16-8-10-18(11-9-16)20(27)24-19(21(28)25-30)22(2,3)29/h8-11,15,17,19,29-30H,12-14H2,1-3H3,(H,24,27)(H,25,28)/t15?,19-/m1/s1. The maximum absolute atomic E-state index is 12.6. The lowest BCUT2D eigenvalue weighted by Gasteiger charge is -2.39. The van der Waals surface area contributed by atoms with Crippen LogP contribution in [0.15, 0.2) is 24.3 Å². The predicted octanol–water partition coefficient (Wildman–Crippen LogP) is 0.706. The molecule has 7 nitrogen and oxygen atoms in total. The van der Waals surface area contributed by atoms with Crippen molar-refractivity contribution in [2.45, 2.75) is 38.5 Å². The number of aliphatic hydroxyl groups is 1. The summed E-state index contributed by atoms with van der Waals surface area (Å²) >= 11 is 0. The number of likely N-dealkylation sites (tertiary alicyclic amines) is 1. The molecule has 0 saturated carbocycles. The summed E-state index contributed by atoms with van der Waals surface area (Å²) in [6.45, 7) is 5.68. The number of rotatable bonds is 6. The first kappa shape index (κ1) is 23.4. The summed E-state index contributed by atoms with van der Waals surface area (Å²) < 4.78 is 12.6. The molecule has 160 valence electrons. The van der Waals surface area contributed by atoms with Crippen molar-refractivity contribution in [3.05, 3.63) is 35.4 Å². The maximum Gasteiger partial charge on any atom is 0.268 e. The van der Waals surface area contributed by atoms with Crippen LogP contribution in [0, 0.1) is 29.6 Å². The Bertz CT molecular complexity index is 881. The Morgan fingerprint density at radius 2 is 1.90 bits per heavy atom. The number of benzene rings is 1. The maximum atomic E-state index is 12.6. The average Bonchev–Trinajstić information content (AvgIpc) is 2.68. The van der Waals surface area contributed by atoms with Gasteiger partial charge in [-0.05, 0) is 56.9 Å². The van der Waals surface area contributed by atoms with E-state index in [0.717, 1.165) is 13.1 Å². The molecule has 30 heavy (non-hydrogen) atoms. The van der Waals surface area contributed by atoms with Gasteiger partial charge in [0.05, 0.1) is 5.60 Å². The summed E-state index contributed by atoms with van der Waals surface area (Å²) in [4.78, 5) is 26.0. The van der Waals surface area contributed by atoms with Gasteiger partial charge in [-0.15, -0.1) is 0 Å². The first-order valence-corrected chi connectivity index (χ1v) is 9.54. The molecule has 1 saturated heterocycles. The Labute approximate surface area is 175 Å². The summed E-state index contributed by atoms with van der Waals surface area (Å²) in [5.74, 6) is 10.2. The van der Waals surface area contributed by atoms with E-state index in [0.29, 0.717) is 5.56 Å². The fraction of sp³-hybridized carbons (Fsp3) is 0.455. The van der Waals surface area contributed by atoms with E-state index in [1.807, 2.05) is 11.8 Å². The Kier molecular flexibility index (Phi) is 7.96. The lowest BCUT2D eigenvalue weighted by atomic mass is 9.97. The van der Waals surface area contributed by atoms with Crippen molar-refractivity contribution in [2.24, 2.45) is 5.92 Å². The lowest BCUT2D eigenvalue weighted by Crippen LogP contribution is -2.57. The van der Waals surface area contributed by atoms with Gasteiger partial charge < -0.3 is 10.4 Å². The summed E-state index contributed by atoms with van der Waals surface area (Å²) in [6.07, 6.45) is 0. The van der Waals surface area contributed by atoms with Crippen molar-refractivity contribution in [3.8, 4) is 23.7 Å². The van der Waals surface area contributed by atoms with Gasteiger partial charge in [-0.25, -0.2) is 9.87 Å². The Balaban J connectivity index is 1.93. The molecule has 1 aliphatic heterocycles. The Morgan fingerprint density at radius 3 is 2.43 bits per heavy atom. The zero-order chi connectivity index (χ0) is 22.3. The molecular formula is C22H26FN3O4. The number of hydroxylamine groups is 1. The van der Waals surface area contributed by atoms with Gasteiger partial charge in [0.2, 0.25) is 0 Å². The van der Waals surface area contributed by atoms with Crippen LogP contribution in [0.2, 0.25) is 0 Å². The van der Waals surface area contributed by atoms with E-state index in [-0.39, 0.29) is 24.2 Å². The monoisotopic (exact) mass is 415 g/mol. The van der Waals surface area contributed by atoms with Gasteiger partial charge in [0.15, 0.2) is 0 Å². The van der Waals surface area contributed by atoms with Crippen LogP contribution in [-0.4, -0.2) is 64.5 Å². The molecule has 1 fully saturated rings. The van der Waals surface area contributed by atoms with Crippen LogP contribution in [0.4, 0.5) is 4.39 Å². The van der Waals surface area contributed by atoms with Gasteiger partial charge >= 0.3 is 0 Å². The molecule has 1 unspecified atom stereocenters.